The first kappa shape index (κ1) is 29.7. The zero-order valence-corrected chi connectivity index (χ0v) is 27.6. The Bertz CT molecular complexity index is 2170. The molecule has 0 unspecified atom stereocenters. The highest BCUT2D eigenvalue weighted by molar-refractivity contribution is 5.85. The van der Waals surface area contributed by atoms with E-state index in [-0.39, 0.29) is 5.41 Å². The van der Waals surface area contributed by atoms with Crippen molar-refractivity contribution in [2.45, 2.75) is 58.8 Å². The van der Waals surface area contributed by atoms with Gasteiger partial charge in [-0.25, -0.2) is 9.97 Å². The van der Waals surface area contributed by atoms with Gasteiger partial charge in [-0.3, -0.25) is 4.57 Å². The van der Waals surface area contributed by atoms with Gasteiger partial charge in [-0.05, 0) is 70.5 Å². The molecule has 0 spiro atoms. The van der Waals surface area contributed by atoms with Gasteiger partial charge in [0.1, 0.15) is 5.82 Å². The number of nitrogens with zero attached hydrogens (tertiary/aromatic N) is 3. The molecule has 0 saturated heterocycles. The van der Waals surface area contributed by atoms with E-state index in [4.69, 9.17) is 9.97 Å². The number of fused-ring (bicyclic) bond motifs is 2. The van der Waals surface area contributed by atoms with Crippen molar-refractivity contribution in [3.05, 3.63) is 150 Å². The fraction of sp³-hybridized carbons (Fsp3) is 0.209. The highest BCUT2D eigenvalue weighted by Gasteiger charge is 2.26. The number of hydrogen-bond acceptors (Lipinski definition) is 2. The molecule has 0 N–H and O–H groups in total. The normalized spacial score (nSPS) is 12.1. The van der Waals surface area contributed by atoms with Crippen LogP contribution in [0, 0.1) is 0 Å². The average molecular weight is 600 g/mol. The molecule has 2 heterocycles. The molecule has 0 atom stereocenters. The molecule has 0 amide bonds. The molecule has 7 rings (SSSR count). The van der Waals surface area contributed by atoms with E-state index in [0.29, 0.717) is 11.8 Å². The van der Waals surface area contributed by atoms with Crippen molar-refractivity contribution in [3.8, 4) is 28.3 Å². The van der Waals surface area contributed by atoms with Gasteiger partial charge in [0.2, 0.25) is 0 Å². The maximum atomic E-state index is 5.29. The first-order valence-electron chi connectivity index (χ1n) is 16.4. The molecular weight excluding hydrogens is 558 g/mol. The Labute approximate surface area is 272 Å². The first-order chi connectivity index (χ1) is 22.2. The van der Waals surface area contributed by atoms with Gasteiger partial charge in [0, 0.05) is 21.9 Å². The van der Waals surface area contributed by atoms with E-state index in [9.17, 15) is 0 Å². The Balaban J connectivity index is 1.36. The lowest BCUT2D eigenvalue weighted by atomic mass is 9.77. The Morgan fingerprint density at radius 3 is 1.83 bits per heavy atom. The van der Waals surface area contributed by atoms with Crippen molar-refractivity contribution in [1.82, 2.24) is 14.5 Å². The third-order valence-electron chi connectivity index (χ3n) is 9.45. The number of pyridine rings is 1. The van der Waals surface area contributed by atoms with Crippen LogP contribution in [0.1, 0.15) is 75.6 Å². The molecule has 228 valence electrons. The SMILES string of the molecule is CC(C)c1cccc(C(C)C)c1-n1c(-c2cccc(C(C)(C)c3cccc(-c4ccc5ccccc5n4)c3)c2)nc2ccccc21. The minimum absolute atomic E-state index is 0.251. The molecule has 46 heavy (non-hydrogen) atoms. The summed E-state index contributed by atoms with van der Waals surface area (Å²) in [5, 5.41) is 1.15. The molecule has 7 aromatic rings. The minimum Gasteiger partial charge on any atom is -0.292 e. The third kappa shape index (κ3) is 5.20. The summed E-state index contributed by atoms with van der Waals surface area (Å²) in [6.45, 7) is 13.8. The zero-order valence-electron chi connectivity index (χ0n) is 27.6. The molecule has 0 fully saturated rings. The molecule has 0 aliphatic heterocycles. The molecule has 0 bridgehead atoms. The second kappa shape index (κ2) is 11.7. The Kier molecular flexibility index (Phi) is 7.56. The molecule has 5 aromatic carbocycles. The standard InChI is InChI=1S/C43H41N3/c1-28(2)35-19-13-20-36(29(3)4)41(35)46-40-23-10-9-22-39(40)45-42(46)32-16-12-18-34(27-32)43(5,6)33-17-11-15-31(26-33)38-25-24-30-14-7-8-21-37(30)44-38/h7-29H,1-6H3. The molecule has 0 radical (unpaired) electrons. The van der Waals surface area contributed by atoms with E-state index < -0.39 is 0 Å². The lowest BCUT2D eigenvalue weighted by Crippen LogP contribution is -2.19. The summed E-state index contributed by atoms with van der Waals surface area (Å²) in [5.74, 6) is 1.72. The van der Waals surface area contributed by atoms with Crippen LogP contribution >= 0.6 is 0 Å². The summed E-state index contributed by atoms with van der Waals surface area (Å²) in [6, 6.07) is 45.7. The van der Waals surface area contributed by atoms with Gasteiger partial charge < -0.3 is 0 Å². The van der Waals surface area contributed by atoms with Gasteiger partial charge in [-0.2, -0.15) is 0 Å². The number of aromatic nitrogens is 3. The highest BCUT2D eigenvalue weighted by Crippen LogP contribution is 2.39. The summed E-state index contributed by atoms with van der Waals surface area (Å²) in [7, 11) is 0. The summed E-state index contributed by atoms with van der Waals surface area (Å²) >= 11 is 0. The van der Waals surface area contributed by atoms with Crippen molar-refractivity contribution in [2.24, 2.45) is 0 Å². The minimum atomic E-state index is -0.251. The molecular formula is C43H41N3. The van der Waals surface area contributed by atoms with Crippen LogP contribution in [0.25, 0.3) is 50.3 Å². The van der Waals surface area contributed by atoms with Crippen LogP contribution < -0.4 is 0 Å². The van der Waals surface area contributed by atoms with Crippen LogP contribution in [0.4, 0.5) is 0 Å². The zero-order chi connectivity index (χ0) is 32.0. The van der Waals surface area contributed by atoms with E-state index in [1.807, 2.05) is 6.07 Å². The summed E-state index contributed by atoms with van der Waals surface area (Å²) in [4.78, 5) is 10.3. The van der Waals surface area contributed by atoms with Gasteiger partial charge in [0.05, 0.1) is 27.9 Å². The molecule has 0 saturated carbocycles. The van der Waals surface area contributed by atoms with Crippen molar-refractivity contribution in [2.75, 3.05) is 0 Å². The van der Waals surface area contributed by atoms with E-state index in [1.165, 1.54) is 27.9 Å². The average Bonchev–Trinajstić information content (AvgIpc) is 3.47. The largest absolute Gasteiger partial charge is 0.292 e. The van der Waals surface area contributed by atoms with Gasteiger partial charge >= 0.3 is 0 Å². The number of hydrogen-bond donors (Lipinski definition) is 0. The van der Waals surface area contributed by atoms with Crippen LogP contribution in [-0.2, 0) is 5.41 Å². The lowest BCUT2D eigenvalue weighted by molar-refractivity contribution is 0.641. The molecule has 0 aliphatic rings. The fourth-order valence-corrected chi connectivity index (χ4v) is 6.72. The van der Waals surface area contributed by atoms with E-state index >= 15 is 0 Å². The topological polar surface area (TPSA) is 30.7 Å². The van der Waals surface area contributed by atoms with Crippen molar-refractivity contribution < 1.29 is 0 Å². The quantitative estimate of drug-likeness (QED) is 0.182. The maximum Gasteiger partial charge on any atom is 0.145 e. The van der Waals surface area contributed by atoms with Gasteiger partial charge in [-0.1, -0.05) is 133 Å². The van der Waals surface area contributed by atoms with Crippen LogP contribution in [0.2, 0.25) is 0 Å². The first-order valence-corrected chi connectivity index (χ1v) is 16.4. The Hall–Kier alpha value is -5.02. The monoisotopic (exact) mass is 599 g/mol. The Morgan fingerprint density at radius 2 is 1.13 bits per heavy atom. The Morgan fingerprint density at radius 1 is 0.543 bits per heavy atom. The predicted octanol–water partition coefficient (Wildman–Crippen LogP) is 11.5. The number of benzene rings is 5. The summed E-state index contributed by atoms with van der Waals surface area (Å²) < 4.78 is 2.41. The van der Waals surface area contributed by atoms with Crippen molar-refractivity contribution in [3.63, 3.8) is 0 Å². The summed E-state index contributed by atoms with van der Waals surface area (Å²) in [6.07, 6.45) is 0. The van der Waals surface area contributed by atoms with E-state index in [0.717, 1.165) is 44.6 Å². The van der Waals surface area contributed by atoms with Crippen LogP contribution in [0.3, 0.4) is 0 Å². The van der Waals surface area contributed by atoms with Crippen LogP contribution in [-0.4, -0.2) is 14.5 Å². The molecule has 3 heteroatoms. The second-order valence-electron chi connectivity index (χ2n) is 13.5. The molecule has 2 aromatic heterocycles. The maximum absolute atomic E-state index is 5.29. The summed E-state index contributed by atoms with van der Waals surface area (Å²) in [5.41, 5.74) is 12.6. The van der Waals surface area contributed by atoms with Gasteiger partial charge in [0.25, 0.3) is 0 Å². The number of rotatable bonds is 7. The van der Waals surface area contributed by atoms with E-state index in [2.05, 4.69) is 167 Å². The fourth-order valence-electron chi connectivity index (χ4n) is 6.72. The molecule has 0 aliphatic carbocycles. The third-order valence-corrected chi connectivity index (χ3v) is 9.45. The van der Waals surface area contributed by atoms with Gasteiger partial charge in [-0.15, -0.1) is 0 Å². The number of imidazole rings is 1. The number of para-hydroxylation sites is 4. The van der Waals surface area contributed by atoms with Crippen molar-refractivity contribution in [1.29, 1.82) is 0 Å². The van der Waals surface area contributed by atoms with Gasteiger partial charge in [0.15, 0.2) is 0 Å². The smallest absolute Gasteiger partial charge is 0.145 e. The lowest BCUT2D eigenvalue weighted by Gasteiger charge is -2.27. The predicted molar refractivity (Wildman–Crippen MR) is 194 cm³/mol. The second-order valence-corrected chi connectivity index (χ2v) is 13.5. The van der Waals surface area contributed by atoms with Crippen molar-refractivity contribution >= 4 is 21.9 Å². The van der Waals surface area contributed by atoms with E-state index in [1.54, 1.807) is 0 Å². The molecule has 3 nitrogen and oxygen atoms in total. The van der Waals surface area contributed by atoms with Crippen LogP contribution in [0.15, 0.2) is 127 Å². The highest BCUT2D eigenvalue weighted by atomic mass is 15.1. The van der Waals surface area contributed by atoms with Crippen LogP contribution in [0.5, 0.6) is 0 Å².